The molecule has 2 N–H and O–H groups in total. The van der Waals surface area contributed by atoms with Gasteiger partial charge in [0.2, 0.25) is 21.8 Å². The predicted molar refractivity (Wildman–Crippen MR) is 131 cm³/mol. The van der Waals surface area contributed by atoms with E-state index in [2.05, 4.69) is 10.6 Å². The van der Waals surface area contributed by atoms with Gasteiger partial charge in [0.25, 0.3) is 0 Å². The summed E-state index contributed by atoms with van der Waals surface area (Å²) in [4.78, 5) is 25.3. The highest BCUT2D eigenvalue weighted by atomic mass is 32.2. The molecule has 0 saturated carbocycles. The summed E-state index contributed by atoms with van der Waals surface area (Å²) >= 11 is 0. The molecule has 0 spiro atoms. The van der Waals surface area contributed by atoms with Gasteiger partial charge in [0.15, 0.2) is 0 Å². The van der Waals surface area contributed by atoms with E-state index in [9.17, 15) is 18.0 Å². The van der Waals surface area contributed by atoms with Crippen LogP contribution in [-0.4, -0.2) is 43.7 Å². The number of benzene rings is 3. The molecule has 1 fully saturated rings. The van der Waals surface area contributed by atoms with Crippen LogP contribution in [0.2, 0.25) is 0 Å². The van der Waals surface area contributed by atoms with Crippen molar-refractivity contribution in [2.75, 3.05) is 13.1 Å². The second-order valence-corrected chi connectivity index (χ2v) is 10.6. The van der Waals surface area contributed by atoms with Gasteiger partial charge in [0.1, 0.15) is 6.04 Å². The van der Waals surface area contributed by atoms with Crippen LogP contribution in [0.25, 0.3) is 10.8 Å². The minimum absolute atomic E-state index is 0.217. The highest BCUT2D eigenvalue weighted by Gasteiger charge is 2.33. The molecule has 8 heteroatoms. The Labute approximate surface area is 200 Å². The van der Waals surface area contributed by atoms with Gasteiger partial charge in [-0.15, -0.1) is 0 Å². The molecule has 1 atom stereocenters. The lowest BCUT2D eigenvalue weighted by Crippen LogP contribution is -2.49. The number of rotatable bonds is 7. The average Bonchev–Trinajstić information content (AvgIpc) is 2.87. The van der Waals surface area contributed by atoms with Gasteiger partial charge in [-0.2, -0.15) is 4.31 Å². The molecule has 178 valence electrons. The number of nitrogens with one attached hydrogen (secondary N) is 2. The van der Waals surface area contributed by atoms with Gasteiger partial charge in [-0.25, -0.2) is 8.42 Å². The molecule has 7 nitrogen and oxygen atoms in total. The number of hydrogen-bond donors (Lipinski definition) is 2. The molecule has 1 aliphatic heterocycles. The minimum Gasteiger partial charge on any atom is -0.350 e. The van der Waals surface area contributed by atoms with Crippen LogP contribution in [-0.2, 0) is 26.2 Å². The summed E-state index contributed by atoms with van der Waals surface area (Å²) in [5, 5.41) is 7.45. The van der Waals surface area contributed by atoms with E-state index in [1.54, 1.807) is 19.1 Å². The lowest BCUT2D eigenvalue weighted by molar-refractivity contribution is -0.131. The third-order valence-electron chi connectivity index (χ3n) is 6.25. The average molecular weight is 480 g/mol. The van der Waals surface area contributed by atoms with E-state index in [1.807, 2.05) is 60.7 Å². The van der Waals surface area contributed by atoms with Crippen LogP contribution in [0.15, 0.2) is 77.7 Å². The van der Waals surface area contributed by atoms with Crippen LogP contribution >= 0.6 is 0 Å². The molecule has 2 amide bonds. The smallest absolute Gasteiger partial charge is 0.243 e. The number of hydrogen-bond acceptors (Lipinski definition) is 4. The Bertz CT molecular complexity index is 1270. The summed E-state index contributed by atoms with van der Waals surface area (Å²) in [5.74, 6) is -0.800. The predicted octanol–water partition coefficient (Wildman–Crippen LogP) is 3.06. The zero-order valence-electron chi connectivity index (χ0n) is 19.1. The van der Waals surface area contributed by atoms with E-state index in [-0.39, 0.29) is 35.7 Å². The fourth-order valence-corrected chi connectivity index (χ4v) is 5.68. The van der Waals surface area contributed by atoms with Crippen LogP contribution in [0.5, 0.6) is 0 Å². The molecule has 1 unspecified atom stereocenters. The quantitative estimate of drug-likeness (QED) is 0.545. The summed E-state index contributed by atoms with van der Waals surface area (Å²) in [6, 6.07) is 21.7. The first-order chi connectivity index (χ1) is 16.3. The first-order valence-corrected chi connectivity index (χ1v) is 12.9. The fraction of sp³-hybridized carbons (Fsp3) is 0.308. The maximum atomic E-state index is 13.1. The van der Waals surface area contributed by atoms with Crippen molar-refractivity contribution >= 4 is 32.6 Å². The van der Waals surface area contributed by atoms with Crippen molar-refractivity contribution in [1.29, 1.82) is 0 Å². The Morgan fingerprint density at radius 3 is 2.29 bits per heavy atom. The molecule has 3 aromatic rings. The summed E-state index contributed by atoms with van der Waals surface area (Å²) in [5.41, 5.74) is 0.981. The van der Waals surface area contributed by atoms with Crippen LogP contribution in [0.3, 0.4) is 0 Å². The largest absolute Gasteiger partial charge is 0.350 e. The number of amides is 2. The molecular formula is C26H29N3O4S. The van der Waals surface area contributed by atoms with Crippen LogP contribution in [0.4, 0.5) is 0 Å². The Kier molecular flexibility index (Phi) is 7.29. The van der Waals surface area contributed by atoms with Crippen molar-refractivity contribution in [3.63, 3.8) is 0 Å². The SMILES string of the molecule is CC(NC(=O)C1CCN(S(=O)(=O)c2ccc3ccccc3c2)CC1)C(=O)NCc1ccccc1. The van der Waals surface area contributed by atoms with Crippen molar-refractivity contribution in [2.45, 2.75) is 37.2 Å². The van der Waals surface area contributed by atoms with Gasteiger partial charge in [0, 0.05) is 25.6 Å². The first kappa shape index (κ1) is 23.9. The number of sulfonamides is 1. The molecule has 34 heavy (non-hydrogen) atoms. The van der Waals surface area contributed by atoms with Gasteiger partial charge in [-0.1, -0.05) is 60.7 Å². The topological polar surface area (TPSA) is 95.6 Å². The van der Waals surface area contributed by atoms with Crippen molar-refractivity contribution in [3.8, 4) is 0 Å². The molecule has 1 aliphatic rings. The van der Waals surface area contributed by atoms with Crippen LogP contribution < -0.4 is 10.6 Å². The summed E-state index contributed by atoms with van der Waals surface area (Å²) in [7, 11) is -3.64. The van der Waals surface area contributed by atoms with Crippen molar-refractivity contribution < 1.29 is 18.0 Å². The van der Waals surface area contributed by atoms with Gasteiger partial charge in [0.05, 0.1) is 4.90 Å². The normalized spacial score (nSPS) is 16.1. The Morgan fingerprint density at radius 2 is 1.59 bits per heavy atom. The highest BCUT2D eigenvalue weighted by Crippen LogP contribution is 2.26. The number of fused-ring (bicyclic) bond motifs is 1. The molecule has 0 aliphatic carbocycles. The number of carbonyl (C=O) groups excluding carboxylic acids is 2. The first-order valence-electron chi connectivity index (χ1n) is 11.5. The Balaban J connectivity index is 1.30. The standard InChI is InChI=1S/C26H29N3O4S/c1-19(25(30)27-18-20-7-3-2-4-8-20)28-26(31)22-13-15-29(16-14-22)34(32,33)24-12-11-21-9-5-6-10-23(21)17-24/h2-12,17,19,22H,13-16,18H2,1H3,(H,27,30)(H,28,31). The molecular weight excluding hydrogens is 450 g/mol. The van der Waals surface area contributed by atoms with E-state index >= 15 is 0 Å². The van der Waals surface area contributed by atoms with Crippen molar-refractivity contribution in [1.82, 2.24) is 14.9 Å². The van der Waals surface area contributed by atoms with E-state index < -0.39 is 16.1 Å². The van der Waals surface area contributed by atoms with Crippen molar-refractivity contribution in [2.24, 2.45) is 5.92 Å². The van der Waals surface area contributed by atoms with E-state index in [4.69, 9.17) is 0 Å². The third kappa shape index (κ3) is 5.46. The second kappa shape index (κ2) is 10.4. The van der Waals surface area contributed by atoms with Gasteiger partial charge >= 0.3 is 0 Å². The molecule has 4 rings (SSSR count). The van der Waals surface area contributed by atoms with E-state index in [0.717, 1.165) is 16.3 Å². The highest BCUT2D eigenvalue weighted by molar-refractivity contribution is 7.89. The van der Waals surface area contributed by atoms with Gasteiger partial charge in [-0.3, -0.25) is 9.59 Å². The third-order valence-corrected chi connectivity index (χ3v) is 8.14. The van der Waals surface area contributed by atoms with Crippen molar-refractivity contribution in [3.05, 3.63) is 78.4 Å². The van der Waals surface area contributed by atoms with E-state index in [1.165, 1.54) is 4.31 Å². The molecule has 0 radical (unpaired) electrons. The lowest BCUT2D eigenvalue weighted by atomic mass is 9.97. The summed E-state index contributed by atoms with van der Waals surface area (Å²) < 4.78 is 27.7. The zero-order chi connectivity index (χ0) is 24.1. The monoisotopic (exact) mass is 479 g/mol. The number of nitrogens with zero attached hydrogens (tertiary/aromatic N) is 1. The molecule has 0 bridgehead atoms. The summed E-state index contributed by atoms with van der Waals surface area (Å²) in [6.45, 7) is 2.58. The van der Waals surface area contributed by atoms with E-state index in [0.29, 0.717) is 19.4 Å². The molecule has 3 aromatic carbocycles. The molecule has 1 saturated heterocycles. The second-order valence-electron chi connectivity index (χ2n) is 8.62. The number of carbonyl (C=O) groups is 2. The number of piperidine rings is 1. The van der Waals surface area contributed by atoms with Gasteiger partial charge < -0.3 is 10.6 Å². The summed E-state index contributed by atoms with van der Waals surface area (Å²) in [6.07, 6.45) is 0.827. The fourth-order valence-electron chi connectivity index (χ4n) is 4.17. The Hall–Kier alpha value is -3.23. The Morgan fingerprint density at radius 1 is 0.941 bits per heavy atom. The molecule has 1 heterocycles. The molecule has 0 aromatic heterocycles. The van der Waals surface area contributed by atoms with Gasteiger partial charge in [-0.05, 0) is 48.2 Å². The maximum Gasteiger partial charge on any atom is 0.243 e. The zero-order valence-corrected chi connectivity index (χ0v) is 19.9. The van der Waals surface area contributed by atoms with Crippen LogP contribution in [0, 0.1) is 5.92 Å². The maximum absolute atomic E-state index is 13.1. The van der Waals surface area contributed by atoms with Crippen LogP contribution in [0.1, 0.15) is 25.3 Å². The lowest BCUT2D eigenvalue weighted by Gasteiger charge is -2.31. The minimum atomic E-state index is -3.64.